The summed E-state index contributed by atoms with van der Waals surface area (Å²) in [5.74, 6) is -0.766. The maximum absolute atomic E-state index is 12.4. The van der Waals surface area contributed by atoms with Crippen LogP contribution in [-0.2, 0) is 4.79 Å². The fourth-order valence-electron chi connectivity index (χ4n) is 2.46. The van der Waals surface area contributed by atoms with Crippen LogP contribution in [0.3, 0.4) is 0 Å². The molecule has 1 heterocycles. The lowest BCUT2D eigenvalue weighted by Crippen LogP contribution is -2.22. The second-order valence-electron chi connectivity index (χ2n) is 4.95. The third-order valence-electron chi connectivity index (χ3n) is 3.59. The molecule has 1 aliphatic rings. The first-order chi connectivity index (χ1) is 10.1. The van der Waals surface area contributed by atoms with E-state index < -0.39 is 5.91 Å². The summed E-state index contributed by atoms with van der Waals surface area (Å²) in [5, 5.41) is 6.08. The monoisotopic (exact) mass is 281 g/mol. The van der Waals surface area contributed by atoms with E-state index in [0.717, 1.165) is 11.3 Å². The van der Waals surface area contributed by atoms with Crippen molar-refractivity contribution in [3.05, 3.63) is 59.7 Å². The van der Waals surface area contributed by atoms with Gasteiger partial charge in [-0.15, -0.1) is 0 Å². The third-order valence-corrected chi connectivity index (χ3v) is 3.59. The number of nitrogens with one attached hydrogen (secondary N) is 2. The molecule has 3 rings (SSSR count). The van der Waals surface area contributed by atoms with Crippen LogP contribution in [0.2, 0.25) is 0 Å². The summed E-state index contributed by atoms with van der Waals surface area (Å²) < 4.78 is 0. The molecule has 0 aromatic heterocycles. The fraction of sp³-hybridized carbons (Fsp3) is 0.125. The van der Waals surface area contributed by atoms with Gasteiger partial charge in [0.25, 0.3) is 0 Å². The first-order valence-corrected chi connectivity index (χ1v) is 6.68. The lowest BCUT2D eigenvalue weighted by Gasteiger charge is -2.11. The SMILES string of the molecule is NC(=O)c1ccc(NC(=O)C2CNc3ccccc32)cc1. The van der Waals surface area contributed by atoms with Gasteiger partial charge in [0.1, 0.15) is 0 Å². The Kier molecular flexibility index (Phi) is 3.31. The lowest BCUT2D eigenvalue weighted by atomic mass is 10.0. The number of nitrogens with two attached hydrogens (primary N) is 1. The van der Waals surface area contributed by atoms with Crippen LogP contribution >= 0.6 is 0 Å². The molecule has 2 aromatic carbocycles. The first-order valence-electron chi connectivity index (χ1n) is 6.68. The minimum atomic E-state index is -0.484. The van der Waals surface area contributed by atoms with Crippen LogP contribution in [-0.4, -0.2) is 18.4 Å². The van der Waals surface area contributed by atoms with Gasteiger partial charge < -0.3 is 16.4 Å². The number of para-hydroxylation sites is 1. The standard InChI is InChI=1S/C16H15N3O2/c17-15(20)10-5-7-11(8-6-10)19-16(21)13-9-18-14-4-2-1-3-12(13)14/h1-8,13,18H,9H2,(H2,17,20)(H,19,21). The molecular formula is C16H15N3O2. The number of hydrogen-bond acceptors (Lipinski definition) is 3. The van der Waals surface area contributed by atoms with Crippen molar-refractivity contribution in [3.63, 3.8) is 0 Å². The van der Waals surface area contributed by atoms with Crippen molar-refractivity contribution in [1.82, 2.24) is 0 Å². The van der Waals surface area contributed by atoms with Crippen molar-refractivity contribution in [2.75, 3.05) is 17.2 Å². The Morgan fingerprint density at radius 3 is 2.52 bits per heavy atom. The summed E-state index contributed by atoms with van der Waals surface area (Å²) in [5.41, 5.74) is 8.25. The van der Waals surface area contributed by atoms with Gasteiger partial charge in [-0.25, -0.2) is 0 Å². The van der Waals surface area contributed by atoms with E-state index in [2.05, 4.69) is 10.6 Å². The van der Waals surface area contributed by atoms with Gasteiger partial charge in [0.2, 0.25) is 11.8 Å². The largest absolute Gasteiger partial charge is 0.384 e. The number of rotatable bonds is 3. The number of benzene rings is 2. The molecule has 1 unspecified atom stereocenters. The number of carbonyl (C=O) groups excluding carboxylic acids is 2. The molecule has 1 aliphatic heterocycles. The second kappa shape index (κ2) is 5.28. The maximum atomic E-state index is 12.4. The normalized spacial score (nSPS) is 15.9. The van der Waals surface area contributed by atoms with Crippen LogP contribution in [0, 0.1) is 0 Å². The molecule has 2 aromatic rings. The van der Waals surface area contributed by atoms with E-state index in [1.807, 2.05) is 24.3 Å². The van der Waals surface area contributed by atoms with Crippen LogP contribution < -0.4 is 16.4 Å². The van der Waals surface area contributed by atoms with Crippen LogP contribution in [0.15, 0.2) is 48.5 Å². The van der Waals surface area contributed by atoms with E-state index in [1.54, 1.807) is 24.3 Å². The van der Waals surface area contributed by atoms with Crippen LogP contribution in [0.25, 0.3) is 0 Å². The quantitative estimate of drug-likeness (QED) is 0.803. The average molecular weight is 281 g/mol. The van der Waals surface area contributed by atoms with E-state index in [4.69, 9.17) is 5.73 Å². The van der Waals surface area contributed by atoms with E-state index in [9.17, 15) is 9.59 Å². The van der Waals surface area contributed by atoms with Gasteiger partial charge in [0.15, 0.2) is 0 Å². The summed E-state index contributed by atoms with van der Waals surface area (Å²) in [4.78, 5) is 23.4. The number of carbonyl (C=O) groups is 2. The molecule has 21 heavy (non-hydrogen) atoms. The van der Waals surface area contributed by atoms with Gasteiger partial charge in [0.05, 0.1) is 5.92 Å². The highest BCUT2D eigenvalue weighted by Gasteiger charge is 2.28. The Morgan fingerprint density at radius 1 is 1.10 bits per heavy atom. The van der Waals surface area contributed by atoms with Gasteiger partial charge in [-0.1, -0.05) is 18.2 Å². The molecule has 0 saturated heterocycles. The van der Waals surface area contributed by atoms with Crippen LogP contribution in [0.4, 0.5) is 11.4 Å². The zero-order chi connectivity index (χ0) is 14.8. The summed E-state index contributed by atoms with van der Waals surface area (Å²) in [6.45, 7) is 0.588. The molecule has 0 spiro atoms. The molecule has 0 aliphatic carbocycles. The zero-order valence-corrected chi connectivity index (χ0v) is 11.3. The number of fused-ring (bicyclic) bond motifs is 1. The third kappa shape index (κ3) is 2.58. The highest BCUT2D eigenvalue weighted by Crippen LogP contribution is 2.31. The fourth-order valence-corrected chi connectivity index (χ4v) is 2.46. The second-order valence-corrected chi connectivity index (χ2v) is 4.95. The first kappa shape index (κ1) is 13.2. The van der Waals surface area contributed by atoms with Crippen molar-refractivity contribution in [2.45, 2.75) is 5.92 Å². The molecule has 0 radical (unpaired) electrons. The predicted octanol–water partition coefficient (Wildman–Crippen LogP) is 1.93. The summed E-state index contributed by atoms with van der Waals surface area (Å²) in [7, 11) is 0. The molecule has 5 heteroatoms. The van der Waals surface area contributed by atoms with E-state index >= 15 is 0 Å². The summed E-state index contributed by atoms with van der Waals surface area (Å²) in [6, 6.07) is 14.3. The smallest absolute Gasteiger partial charge is 0.248 e. The van der Waals surface area contributed by atoms with E-state index in [1.165, 1.54) is 0 Å². The average Bonchev–Trinajstić information content (AvgIpc) is 2.92. The highest BCUT2D eigenvalue weighted by atomic mass is 16.2. The van der Waals surface area contributed by atoms with Gasteiger partial charge in [-0.3, -0.25) is 9.59 Å². The van der Waals surface area contributed by atoms with Crippen molar-refractivity contribution in [3.8, 4) is 0 Å². The van der Waals surface area contributed by atoms with Crippen LogP contribution in [0.1, 0.15) is 21.8 Å². The van der Waals surface area contributed by atoms with E-state index in [-0.39, 0.29) is 11.8 Å². The number of anilines is 2. The Morgan fingerprint density at radius 2 is 1.81 bits per heavy atom. The lowest BCUT2D eigenvalue weighted by molar-refractivity contribution is -0.117. The Labute approximate surface area is 122 Å². The van der Waals surface area contributed by atoms with Gasteiger partial charge in [-0.2, -0.15) is 0 Å². The molecule has 1 atom stereocenters. The van der Waals surface area contributed by atoms with Gasteiger partial charge in [-0.05, 0) is 35.9 Å². The molecule has 4 N–H and O–H groups in total. The molecule has 0 bridgehead atoms. The zero-order valence-electron chi connectivity index (χ0n) is 11.3. The number of primary amides is 1. The van der Waals surface area contributed by atoms with Gasteiger partial charge in [0, 0.05) is 23.5 Å². The minimum absolute atomic E-state index is 0.0701. The topological polar surface area (TPSA) is 84.2 Å². The van der Waals surface area contributed by atoms with E-state index in [0.29, 0.717) is 17.8 Å². The Hall–Kier alpha value is -2.82. The molecule has 0 saturated carbocycles. The van der Waals surface area contributed by atoms with Crippen molar-refractivity contribution >= 4 is 23.2 Å². The minimum Gasteiger partial charge on any atom is -0.384 e. The summed E-state index contributed by atoms with van der Waals surface area (Å²) >= 11 is 0. The number of hydrogen-bond donors (Lipinski definition) is 3. The molecule has 2 amide bonds. The summed E-state index contributed by atoms with van der Waals surface area (Å²) in [6.07, 6.45) is 0. The van der Waals surface area contributed by atoms with Gasteiger partial charge >= 0.3 is 0 Å². The Balaban J connectivity index is 1.74. The molecule has 5 nitrogen and oxygen atoms in total. The molecule has 106 valence electrons. The highest BCUT2D eigenvalue weighted by molar-refractivity contribution is 5.99. The molecular weight excluding hydrogens is 266 g/mol. The molecule has 0 fully saturated rings. The predicted molar refractivity (Wildman–Crippen MR) is 81.3 cm³/mol. The maximum Gasteiger partial charge on any atom is 0.248 e. The Bertz CT molecular complexity index is 695. The van der Waals surface area contributed by atoms with Crippen molar-refractivity contribution in [2.24, 2.45) is 5.73 Å². The van der Waals surface area contributed by atoms with Crippen molar-refractivity contribution < 1.29 is 9.59 Å². The van der Waals surface area contributed by atoms with Crippen molar-refractivity contribution in [1.29, 1.82) is 0 Å². The van der Waals surface area contributed by atoms with Crippen LogP contribution in [0.5, 0.6) is 0 Å². The number of amides is 2.